The number of halogens is 3. The number of pyridine rings is 1. The van der Waals surface area contributed by atoms with Crippen LogP contribution in [-0.2, 0) is 11.2 Å². The molecule has 2 heterocycles. The molecule has 0 N–H and O–H groups in total. The maximum absolute atomic E-state index is 13.3. The van der Waals surface area contributed by atoms with E-state index in [1.54, 1.807) is 13.2 Å². The SMILES string of the molecule is COCCc1cc(C(=O)CCC2CCC(F)(F)CC2)c2c(Cl)cccn12. The molecule has 1 aliphatic carbocycles. The summed E-state index contributed by atoms with van der Waals surface area (Å²) >= 11 is 6.35. The van der Waals surface area contributed by atoms with Crippen LogP contribution in [0.25, 0.3) is 5.52 Å². The maximum atomic E-state index is 13.3. The van der Waals surface area contributed by atoms with Gasteiger partial charge in [-0.25, -0.2) is 8.78 Å². The van der Waals surface area contributed by atoms with Crippen molar-refractivity contribution in [3.63, 3.8) is 0 Å². The quantitative estimate of drug-likeness (QED) is 0.585. The van der Waals surface area contributed by atoms with E-state index < -0.39 is 5.92 Å². The average Bonchev–Trinajstić information content (AvgIpc) is 2.99. The van der Waals surface area contributed by atoms with Gasteiger partial charge in [-0.1, -0.05) is 11.6 Å². The van der Waals surface area contributed by atoms with Gasteiger partial charge in [0, 0.05) is 50.2 Å². The van der Waals surface area contributed by atoms with Crippen molar-refractivity contribution < 1.29 is 18.3 Å². The fourth-order valence-electron chi connectivity index (χ4n) is 3.75. The van der Waals surface area contributed by atoms with Gasteiger partial charge in [-0.05, 0) is 43.4 Å². The van der Waals surface area contributed by atoms with Crippen molar-refractivity contribution in [1.82, 2.24) is 4.40 Å². The van der Waals surface area contributed by atoms with E-state index in [-0.39, 0.29) is 24.5 Å². The molecule has 0 radical (unpaired) electrons. The molecule has 26 heavy (non-hydrogen) atoms. The van der Waals surface area contributed by atoms with Crippen LogP contribution in [0.1, 0.15) is 54.6 Å². The molecule has 0 bridgehead atoms. The van der Waals surface area contributed by atoms with E-state index in [4.69, 9.17) is 16.3 Å². The van der Waals surface area contributed by atoms with Gasteiger partial charge in [0.05, 0.1) is 17.1 Å². The molecule has 0 amide bonds. The van der Waals surface area contributed by atoms with Gasteiger partial charge in [0.1, 0.15) is 0 Å². The zero-order valence-corrected chi connectivity index (χ0v) is 15.7. The Bertz CT molecular complexity index is 777. The molecule has 0 atom stereocenters. The second-order valence-electron chi connectivity index (χ2n) is 7.13. The lowest BCUT2D eigenvalue weighted by molar-refractivity contribution is -0.0464. The van der Waals surface area contributed by atoms with E-state index in [2.05, 4.69) is 0 Å². The van der Waals surface area contributed by atoms with Crippen molar-refractivity contribution in [2.45, 2.75) is 50.9 Å². The van der Waals surface area contributed by atoms with Gasteiger partial charge >= 0.3 is 0 Å². The summed E-state index contributed by atoms with van der Waals surface area (Å²) in [4.78, 5) is 12.8. The third-order valence-corrected chi connectivity index (χ3v) is 5.60. The van der Waals surface area contributed by atoms with Crippen molar-refractivity contribution in [3.8, 4) is 0 Å². The predicted molar refractivity (Wildman–Crippen MR) is 98.5 cm³/mol. The molecular weight excluding hydrogens is 360 g/mol. The lowest BCUT2D eigenvalue weighted by atomic mass is 9.83. The molecule has 0 unspecified atom stereocenters. The molecule has 0 aliphatic heterocycles. The van der Waals surface area contributed by atoms with E-state index in [1.807, 2.05) is 22.7 Å². The van der Waals surface area contributed by atoms with Crippen molar-refractivity contribution >= 4 is 22.9 Å². The molecule has 142 valence electrons. The Morgan fingerprint density at radius 1 is 1.38 bits per heavy atom. The Hall–Kier alpha value is -1.46. The number of hydrogen-bond donors (Lipinski definition) is 0. The van der Waals surface area contributed by atoms with Gasteiger partial charge in [0.25, 0.3) is 0 Å². The largest absolute Gasteiger partial charge is 0.384 e. The van der Waals surface area contributed by atoms with Crippen LogP contribution in [0.2, 0.25) is 5.02 Å². The van der Waals surface area contributed by atoms with Crippen molar-refractivity contribution in [2.75, 3.05) is 13.7 Å². The van der Waals surface area contributed by atoms with Crippen molar-refractivity contribution in [2.24, 2.45) is 5.92 Å². The Labute approximate surface area is 157 Å². The maximum Gasteiger partial charge on any atom is 0.248 e. The number of ketones is 1. The first kappa shape index (κ1) is 19.3. The first-order chi connectivity index (χ1) is 12.4. The van der Waals surface area contributed by atoms with Crippen LogP contribution in [0.5, 0.6) is 0 Å². The second kappa shape index (κ2) is 8.05. The third-order valence-electron chi connectivity index (χ3n) is 5.30. The summed E-state index contributed by atoms with van der Waals surface area (Å²) in [7, 11) is 1.64. The zero-order chi connectivity index (χ0) is 18.7. The van der Waals surface area contributed by atoms with Crippen LogP contribution in [0.4, 0.5) is 8.78 Å². The molecule has 2 aromatic heterocycles. The number of methoxy groups -OCH3 is 1. The Morgan fingerprint density at radius 2 is 2.12 bits per heavy atom. The minimum Gasteiger partial charge on any atom is -0.384 e. The van der Waals surface area contributed by atoms with Crippen molar-refractivity contribution in [3.05, 3.63) is 40.7 Å². The van der Waals surface area contributed by atoms with E-state index in [0.29, 0.717) is 49.3 Å². The van der Waals surface area contributed by atoms with Crippen molar-refractivity contribution in [1.29, 1.82) is 0 Å². The van der Waals surface area contributed by atoms with Gasteiger partial charge in [-0.15, -0.1) is 0 Å². The number of carbonyl (C=O) groups is 1. The fourth-order valence-corrected chi connectivity index (χ4v) is 4.02. The van der Waals surface area contributed by atoms with Crippen LogP contribution in [0, 0.1) is 5.92 Å². The van der Waals surface area contributed by atoms with E-state index in [0.717, 1.165) is 11.2 Å². The van der Waals surface area contributed by atoms with Gasteiger partial charge < -0.3 is 9.14 Å². The summed E-state index contributed by atoms with van der Waals surface area (Å²) in [6, 6.07) is 5.51. The number of rotatable bonds is 7. The first-order valence-electron chi connectivity index (χ1n) is 9.10. The second-order valence-corrected chi connectivity index (χ2v) is 7.54. The lowest BCUT2D eigenvalue weighted by Crippen LogP contribution is -2.24. The average molecular weight is 384 g/mol. The standard InChI is InChI=1S/C20H24ClF2NO2/c1-26-12-8-15-13-16(19-17(21)3-2-11-24(15)19)18(25)5-4-14-6-9-20(22,23)10-7-14/h2-3,11,13-14H,4-10,12H2,1H3. The van der Waals surface area contributed by atoms with Gasteiger partial charge in [-0.2, -0.15) is 0 Å². The Morgan fingerprint density at radius 3 is 2.81 bits per heavy atom. The lowest BCUT2D eigenvalue weighted by Gasteiger charge is -2.27. The molecule has 6 heteroatoms. The summed E-state index contributed by atoms with van der Waals surface area (Å²) in [6.45, 7) is 0.558. The Balaban J connectivity index is 1.73. The summed E-state index contributed by atoms with van der Waals surface area (Å²) in [5.41, 5.74) is 2.31. The molecule has 0 spiro atoms. The molecule has 0 aromatic carbocycles. The fraction of sp³-hybridized carbons (Fsp3) is 0.550. The van der Waals surface area contributed by atoms with E-state index in [1.165, 1.54) is 0 Å². The highest BCUT2D eigenvalue weighted by Crippen LogP contribution is 2.38. The van der Waals surface area contributed by atoms with Crippen LogP contribution in [0.15, 0.2) is 24.4 Å². The third kappa shape index (κ3) is 4.26. The van der Waals surface area contributed by atoms with Crippen LogP contribution >= 0.6 is 11.6 Å². The smallest absolute Gasteiger partial charge is 0.248 e. The molecule has 1 fully saturated rings. The molecule has 0 saturated heterocycles. The highest BCUT2D eigenvalue weighted by Gasteiger charge is 2.34. The Kier molecular flexibility index (Phi) is 5.98. The van der Waals surface area contributed by atoms with E-state index >= 15 is 0 Å². The van der Waals surface area contributed by atoms with Gasteiger partial charge in [0.2, 0.25) is 5.92 Å². The van der Waals surface area contributed by atoms with Gasteiger partial charge in [0.15, 0.2) is 5.78 Å². The highest BCUT2D eigenvalue weighted by molar-refractivity contribution is 6.35. The number of hydrogen-bond acceptors (Lipinski definition) is 2. The monoisotopic (exact) mass is 383 g/mol. The van der Waals surface area contributed by atoms with Crippen LogP contribution in [0.3, 0.4) is 0 Å². The number of Topliss-reactive ketones (excluding diaryl/α,β-unsaturated/α-hetero) is 1. The van der Waals surface area contributed by atoms with E-state index in [9.17, 15) is 13.6 Å². The topological polar surface area (TPSA) is 30.7 Å². The molecule has 1 saturated carbocycles. The molecule has 3 nitrogen and oxygen atoms in total. The molecule has 2 aromatic rings. The summed E-state index contributed by atoms with van der Waals surface area (Å²) < 4.78 is 33.6. The van der Waals surface area contributed by atoms with Crippen LogP contribution < -0.4 is 0 Å². The number of alkyl halides is 2. The summed E-state index contributed by atoms with van der Waals surface area (Å²) in [5.74, 6) is -2.30. The number of fused-ring (bicyclic) bond motifs is 1. The highest BCUT2D eigenvalue weighted by atomic mass is 35.5. The number of carbonyl (C=O) groups excluding carboxylic acids is 1. The van der Waals surface area contributed by atoms with Gasteiger partial charge in [-0.3, -0.25) is 4.79 Å². The minimum absolute atomic E-state index is 0.0246. The summed E-state index contributed by atoms with van der Waals surface area (Å²) in [5, 5.41) is 0.539. The first-order valence-corrected chi connectivity index (χ1v) is 9.47. The molecule has 3 rings (SSSR count). The molecule has 1 aliphatic rings. The minimum atomic E-state index is -2.52. The summed E-state index contributed by atoms with van der Waals surface area (Å²) in [6.07, 6.45) is 4.47. The number of ether oxygens (including phenoxy) is 1. The number of nitrogens with zero attached hydrogens (tertiary/aromatic N) is 1. The number of aromatic nitrogens is 1. The predicted octanol–water partition coefficient (Wildman–Crippen LogP) is 5.57. The normalized spacial score (nSPS) is 17.7. The zero-order valence-electron chi connectivity index (χ0n) is 14.9. The van der Waals surface area contributed by atoms with Crippen LogP contribution in [-0.4, -0.2) is 29.8 Å². The molecular formula is C20H24ClF2NO2.